The molecule has 0 saturated carbocycles. The maximum absolute atomic E-state index is 12.8. The van der Waals surface area contributed by atoms with Crippen molar-refractivity contribution in [2.75, 3.05) is 33.0 Å². The molecule has 0 aliphatic carbocycles. The van der Waals surface area contributed by atoms with Gasteiger partial charge in [-0.2, -0.15) is 0 Å². The smallest absolute Gasteiger partial charge is 0.462 e. The molecule has 62 heavy (non-hydrogen) atoms. The average molecular weight is 911 g/mol. The van der Waals surface area contributed by atoms with Crippen molar-refractivity contribution in [3.63, 3.8) is 0 Å². The Morgan fingerprint density at radius 1 is 0.532 bits per heavy atom. The van der Waals surface area contributed by atoms with Crippen molar-refractivity contribution in [1.29, 1.82) is 0 Å². The summed E-state index contributed by atoms with van der Waals surface area (Å²) in [6.45, 7) is 2.05. The fraction of sp³-hybridized carbons (Fsp3) is 0.957. The van der Waals surface area contributed by atoms with Gasteiger partial charge in [0.2, 0.25) is 0 Å². The molecule has 5 N–H and O–H groups in total. The van der Waals surface area contributed by atoms with E-state index in [1.165, 1.54) is 141 Å². The Kier molecular flexibility index (Phi) is 38.1. The van der Waals surface area contributed by atoms with Crippen molar-refractivity contribution < 1.29 is 67.5 Å². The zero-order chi connectivity index (χ0) is 45.5. The summed E-state index contributed by atoms with van der Waals surface area (Å²) in [5, 5.41) is 39.3. The number of phosphoric ester groups is 1. The first-order chi connectivity index (χ1) is 30.0. The summed E-state index contributed by atoms with van der Waals surface area (Å²) in [6, 6.07) is 0. The minimum Gasteiger partial charge on any atom is -0.462 e. The predicted molar refractivity (Wildman–Crippen MR) is 241 cm³/mol. The SMILES string of the molecule is CCCCCCCCCCCCCCCCCC(=O)OCC(COP(=O)(O)OCCOC1O[C@H](CO)[C@@H](O)[C@H](O)[C@@H]1O)OC(=O)CCCCCCCCCCCCCCCCC. The van der Waals surface area contributed by atoms with Gasteiger partial charge < -0.3 is 44.3 Å². The third-order valence-electron chi connectivity index (χ3n) is 11.6. The molecule has 15 heteroatoms. The van der Waals surface area contributed by atoms with Crippen LogP contribution in [0.1, 0.15) is 219 Å². The first-order valence-electron chi connectivity index (χ1n) is 24.9. The molecule has 7 atom stereocenters. The number of rotatable bonds is 44. The molecule has 3 unspecified atom stereocenters. The van der Waals surface area contributed by atoms with Crippen LogP contribution in [0.5, 0.6) is 0 Å². The van der Waals surface area contributed by atoms with Crippen molar-refractivity contribution in [3.05, 3.63) is 0 Å². The second kappa shape index (κ2) is 40.1. The van der Waals surface area contributed by atoms with Gasteiger partial charge >= 0.3 is 19.8 Å². The molecule has 1 rings (SSSR count). The Hall–Kier alpha value is -1.19. The van der Waals surface area contributed by atoms with Gasteiger partial charge in [0, 0.05) is 12.8 Å². The Morgan fingerprint density at radius 3 is 1.35 bits per heavy atom. The number of phosphoric acid groups is 1. The van der Waals surface area contributed by atoms with E-state index in [-0.39, 0.29) is 26.1 Å². The molecule has 0 aromatic carbocycles. The molecule has 0 aromatic rings. The molecule has 1 saturated heterocycles. The number of hydrogen-bond acceptors (Lipinski definition) is 13. The maximum atomic E-state index is 12.8. The van der Waals surface area contributed by atoms with E-state index in [4.69, 9.17) is 28.0 Å². The summed E-state index contributed by atoms with van der Waals surface area (Å²) in [6.07, 6.45) is 28.1. The maximum Gasteiger partial charge on any atom is 0.472 e. The molecule has 1 fully saturated rings. The van der Waals surface area contributed by atoms with E-state index in [1.807, 2.05) is 0 Å². The summed E-state index contributed by atoms with van der Waals surface area (Å²) >= 11 is 0. The van der Waals surface area contributed by atoms with Gasteiger partial charge in [-0.3, -0.25) is 18.6 Å². The third kappa shape index (κ3) is 32.5. The van der Waals surface area contributed by atoms with Crippen LogP contribution >= 0.6 is 7.82 Å². The second-order valence-electron chi connectivity index (χ2n) is 17.4. The molecule has 1 heterocycles. The fourth-order valence-corrected chi connectivity index (χ4v) is 8.37. The quantitative estimate of drug-likeness (QED) is 0.0219. The van der Waals surface area contributed by atoms with Gasteiger partial charge in [0.25, 0.3) is 0 Å². The van der Waals surface area contributed by atoms with E-state index >= 15 is 0 Å². The van der Waals surface area contributed by atoms with E-state index in [0.29, 0.717) is 12.8 Å². The molecule has 0 amide bonds. The lowest BCUT2D eigenvalue weighted by Crippen LogP contribution is -2.59. The zero-order valence-electron chi connectivity index (χ0n) is 39.0. The lowest BCUT2D eigenvalue weighted by atomic mass is 9.99. The van der Waals surface area contributed by atoms with Crippen LogP contribution in [0.2, 0.25) is 0 Å². The summed E-state index contributed by atoms with van der Waals surface area (Å²) < 4.78 is 44.2. The molecule has 0 spiro atoms. The minimum absolute atomic E-state index is 0.157. The third-order valence-corrected chi connectivity index (χ3v) is 12.6. The first kappa shape index (κ1) is 58.8. The predicted octanol–water partition coefficient (Wildman–Crippen LogP) is 9.91. The zero-order valence-corrected chi connectivity index (χ0v) is 39.9. The van der Waals surface area contributed by atoms with E-state index in [2.05, 4.69) is 13.8 Å². The van der Waals surface area contributed by atoms with Crippen molar-refractivity contribution in [2.24, 2.45) is 0 Å². The number of esters is 2. The van der Waals surface area contributed by atoms with Crippen LogP contribution in [-0.4, -0.2) is 107 Å². The standard InChI is InChI=1S/C47H91O14P/c1-3-5-7-9-11-13-15-17-19-21-23-25-27-29-31-33-42(49)57-38-40(60-43(50)34-32-30-28-26-24-22-20-18-16-14-12-10-8-6-4-2)39-59-62(54,55)58-36-35-56-47-46(53)45(52)44(51)41(37-48)61-47/h40-41,44-48,51-53H,3-39H2,1-2H3,(H,54,55)/t40?,41-,44-,45+,46+,47?/m1/s1. The average Bonchev–Trinajstić information content (AvgIpc) is 3.25. The lowest BCUT2D eigenvalue weighted by molar-refractivity contribution is -0.301. The van der Waals surface area contributed by atoms with Gasteiger partial charge in [-0.05, 0) is 12.8 Å². The highest BCUT2D eigenvalue weighted by Crippen LogP contribution is 2.43. The number of carbonyl (C=O) groups is 2. The topological polar surface area (TPSA) is 208 Å². The molecule has 0 aromatic heterocycles. The van der Waals surface area contributed by atoms with Crippen molar-refractivity contribution >= 4 is 19.8 Å². The van der Waals surface area contributed by atoms with Gasteiger partial charge in [0.05, 0.1) is 26.4 Å². The molecular formula is C47H91O14P. The molecular weight excluding hydrogens is 819 g/mol. The first-order valence-corrected chi connectivity index (χ1v) is 26.4. The van der Waals surface area contributed by atoms with Crippen molar-refractivity contribution in [1.82, 2.24) is 0 Å². The molecule has 14 nitrogen and oxygen atoms in total. The van der Waals surface area contributed by atoms with E-state index < -0.39 is 76.4 Å². The number of hydrogen-bond donors (Lipinski definition) is 5. The highest BCUT2D eigenvalue weighted by molar-refractivity contribution is 7.47. The fourth-order valence-electron chi connectivity index (χ4n) is 7.64. The van der Waals surface area contributed by atoms with E-state index in [9.17, 15) is 39.5 Å². The Morgan fingerprint density at radius 2 is 0.935 bits per heavy atom. The summed E-state index contributed by atoms with van der Waals surface area (Å²) in [7, 11) is -4.71. The molecule has 368 valence electrons. The van der Waals surface area contributed by atoms with Crippen LogP contribution in [0.25, 0.3) is 0 Å². The van der Waals surface area contributed by atoms with Crippen molar-refractivity contribution in [3.8, 4) is 0 Å². The number of aliphatic hydroxyl groups excluding tert-OH is 4. The summed E-state index contributed by atoms with van der Waals surface area (Å²) in [5.74, 6) is -0.967. The summed E-state index contributed by atoms with van der Waals surface area (Å²) in [5.41, 5.74) is 0. The largest absolute Gasteiger partial charge is 0.472 e. The van der Waals surface area contributed by atoms with E-state index in [0.717, 1.165) is 38.5 Å². The minimum atomic E-state index is -4.71. The lowest BCUT2D eigenvalue weighted by Gasteiger charge is -2.39. The molecule has 1 aliphatic rings. The van der Waals surface area contributed by atoms with Crippen LogP contribution in [0.4, 0.5) is 0 Å². The molecule has 0 bridgehead atoms. The number of unbranched alkanes of at least 4 members (excludes halogenated alkanes) is 28. The van der Waals surface area contributed by atoms with E-state index in [1.54, 1.807) is 0 Å². The normalized spacial score (nSPS) is 20.5. The van der Waals surface area contributed by atoms with Crippen LogP contribution < -0.4 is 0 Å². The van der Waals surface area contributed by atoms with Crippen LogP contribution in [0.15, 0.2) is 0 Å². The van der Waals surface area contributed by atoms with Crippen molar-refractivity contribution in [2.45, 2.75) is 256 Å². The van der Waals surface area contributed by atoms with Gasteiger partial charge in [-0.25, -0.2) is 4.57 Å². The molecule has 1 aliphatic heterocycles. The Bertz CT molecular complexity index is 1100. The van der Waals surface area contributed by atoms with Crippen LogP contribution in [0, 0.1) is 0 Å². The molecule has 0 radical (unpaired) electrons. The Labute approximate surface area is 375 Å². The Balaban J connectivity index is 2.40. The van der Waals surface area contributed by atoms with Gasteiger partial charge in [-0.1, -0.05) is 194 Å². The summed E-state index contributed by atoms with van der Waals surface area (Å²) in [4.78, 5) is 35.7. The highest BCUT2D eigenvalue weighted by Gasteiger charge is 2.44. The second-order valence-corrected chi connectivity index (χ2v) is 18.8. The number of carbonyl (C=O) groups excluding carboxylic acids is 2. The number of ether oxygens (including phenoxy) is 4. The van der Waals surface area contributed by atoms with Crippen LogP contribution in [0.3, 0.4) is 0 Å². The highest BCUT2D eigenvalue weighted by atomic mass is 31.2. The number of aliphatic hydroxyl groups is 4. The van der Waals surface area contributed by atoms with Gasteiger partial charge in [0.1, 0.15) is 31.0 Å². The van der Waals surface area contributed by atoms with Crippen LogP contribution in [-0.2, 0) is 42.1 Å². The van der Waals surface area contributed by atoms with Gasteiger partial charge in [0.15, 0.2) is 12.4 Å². The monoisotopic (exact) mass is 911 g/mol. The van der Waals surface area contributed by atoms with Gasteiger partial charge in [-0.15, -0.1) is 0 Å².